The van der Waals surface area contributed by atoms with Gasteiger partial charge in [0.2, 0.25) is 11.9 Å². The number of carbonyl (C=O) groups excluding carboxylic acids is 2. The summed E-state index contributed by atoms with van der Waals surface area (Å²) in [5, 5.41) is 6.82. The number of nitrogens with one attached hydrogen (secondary N) is 2. The predicted octanol–water partition coefficient (Wildman–Crippen LogP) is 2.44. The van der Waals surface area contributed by atoms with Gasteiger partial charge >= 0.3 is 0 Å². The molecule has 1 saturated heterocycles. The Labute approximate surface area is 184 Å². The molecule has 1 unspecified atom stereocenters. The molecule has 2 aromatic carbocycles. The molecule has 1 fully saturated rings. The van der Waals surface area contributed by atoms with Gasteiger partial charge in [-0.2, -0.15) is 0 Å². The van der Waals surface area contributed by atoms with Crippen LogP contribution in [0, 0.1) is 0 Å². The summed E-state index contributed by atoms with van der Waals surface area (Å²) in [6.07, 6.45) is 1.68. The number of carbonyl (C=O) groups is 2. The third kappa shape index (κ3) is 4.99. The van der Waals surface area contributed by atoms with Crippen LogP contribution in [0.1, 0.15) is 10.4 Å². The highest BCUT2D eigenvalue weighted by Crippen LogP contribution is 2.22. The van der Waals surface area contributed by atoms with Crippen LogP contribution in [0.25, 0.3) is 11.3 Å². The molecule has 0 saturated carbocycles. The van der Waals surface area contributed by atoms with Crippen LogP contribution in [0.2, 0.25) is 5.02 Å². The number of hydrogen-bond donors (Lipinski definition) is 3. The molecule has 1 atom stereocenters. The van der Waals surface area contributed by atoms with Gasteiger partial charge in [0.25, 0.3) is 5.91 Å². The largest absolute Gasteiger partial charge is 0.368 e. The summed E-state index contributed by atoms with van der Waals surface area (Å²) in [5.41, 5.74) is 8.33. The highest BCUT2D eigenvalue weighted by molar-refractivity contribution is 6.30. The van der Waals surface area contributed by atoms with E-state index in [9.17, 15) is 9.59 Å². The zero-order chi connectivity index (χ0) is 21.8. The van der Waals surface area contributed by atoms with Gasteiger partial charge in [0.15, 0.2) is 0 Å². The van der Waals surface area contributed by atoms with Gasteiger partial charge in [-0.3, -0.25) is 9.59 Å². The molecule has 1 aliphatic rings. The second-order valence-electron chi connectivity index (χ2n) is 7.13. The van der Waals surface area contributed by atoms with Gasteiger partial charge in [-0.05, 0) is 42.5 Å². The van der Waals surface area contributed by atoms with Crippen LogP contribution < -0.4 is 16.4 Å². The first kappa shape index (κ1) is 20.8. The lowest BCUT2D eigenvalue weighted by Gasteiger charge is -2.32. The smallest absolute Gasteiger partial charge is 0.253 e. The summed E-state index contributed by atoms with van der Waals surface area (Å²) in [6.45, 7) is 1.31. The standard InChI is InChI=1S/C22H21ClN6O2/c23-16-5-1-14(2-6-16)18-9-10-26-22(28-18)27-17-7-3-15(4-8-17)21(31)29-12-11-25-19(13-29)20(24)30/h1-10,19,25H,11-13H2,(H2,24,30)(H,26,27,28). The summed E-state index contributed by atoms with van der Waals surface area (Å²) in [6, 6.07) is 15.8. The molecule has 2 amide bonds. The number of amides is 2. The van der Waals surface area contributed by atoms with Crippen molar-refractivity contribution in [2.24, 2.45) is 5.73 Å². The number of rotatable bonds is 5. The minimum atomic E-state index is -0.524. The van der Waals surface area contributed by atoms with Crippen molar-refractivity contribution < 1.29 is 9.59 Å². The van der Waals surface area contributed by atoms with Crippen LogP contribution in [0.3, 0.4) is 0 Å². The molecule has 31 heavy (non-hydrogen) atoms. The van der Waals surface area contributed by atoms with E-state index >= 15 is 0 Å². The fourth-order valence-corrected chi connectivity index (χ4v) is 3.46. The molecule has 4 rings (SSSR count). The van der Waals surface area contributed by atoms with E-state index < -0.39 is 11.9 Å². The van der Waals surface area contributed by atoms with Crippen molar-refractivity contribution in [2.75, 3.05) is 25.0 Å². The first-order valence-corrected chi connectivity index (χ1v) is 10.2. The molecule has 4 N–H and O–H groups in total. The van der Waals surface area contributed by atoms with Gasteiger partial charge in [-0.25, -0.2) is 9.97 Å². The van der Waals surface area contributed by atoms with E-state index in [-0.39, 0.29) is 12.5 Å². The summed E-state index contributed by atoms with van der Waals surface area (Å²) < 4.78 is 0. The van der Waals surface area contributed by atoms with E-state index in [1.807, 2.05) is 30.3 Å². The number of piperazine rings is 1. The van der Waals surface area contributed by atoms with Crippen LogP contribution in [-0.4, -0.2) is 52.4 Å². The molecule has 2 heterocycles. The average Bonchev–Trinajstić information content (AvgIpc) is 2.80. The summed E-state index contributed by atoms with van der Waals surface area (Å²) in [7, 11) is 0. The van der Waals surface area contributed by atoms with Gasteiger partial charge in [0.1, 0.15) is 6.04 Å². The maximum atomic E-state index is 12.8. The third-order valence-electron chi connectivity index (χ3n) is 4.99. The van der Waals surface area contributed by atoms with Gasteiger partial charge < -0.3 is 21.3 Å². The zero-order valence-corrected chi connectivity index (χ0v) is 17.3. The number of aromatic nitrogens is 2. The van der Waals surface area contributed by atoms with Gasteiger partial charge in [-0.15, -0.1) is 0 Å². The lowest BCUT2D eigenvalue weighted by atomic mass is 10.1. The molecule has 0 bridgehead atoms. The van der Waals surface area contributed by atoms with Crippen molar-refractivity contribution in [3.05, 3.63) is 71.4 Å². The van der Waals surface area contributed by atoms with Crippen molar-refractivity contribution in [2.45, 2.75) is 6.04 Å². The van der Waals surface area contributed by atoms with Gasteiger partial charge in [-0.1, -0.05) is 23.7 Å². The van der Waals surface area contributed by atoms with Crippen LogP contribution in [0.15, 0.2) is 60.8 Å². The van der Waals surface area contributed by atoms with Gasteiger partial charge in [0, 0.05) is 47.7 Å². The van der Waals surface area contributed by atoms with Crippen LogP contribution in [0.4, 0.5) is 11.6 Å². The first-order chi connectivity index (χ1) is 15.0. The lowest BCUT2D eigenvalue weighted by Crippen LogP contribution is -2.57. The SMILES string of the molecule is NC(=O)C1CN(C(=O)c2ccc(Nc3nccc(-c4ccc(Cl)cc4)n3)cc2)CCN1. The summed E-state index contributed by atoms with van der Waals surface area (Å²) >= 11 is 5.95. The number of nitrogens with zero attached hydrogens (tertiary/aromatic N) is 3. The second kappa shape index (κ2) is 9.11. The van der Waals surface area contributed by atoms with E-state index in [1.165, 1.54) is 0 Å². The third-order valence-corrected chi connectivity index (χ3v) is 5.24. The Bertz CT molecular complexity index is 1090. The summed E-state index contributed by atoms with van der Waals surface area (Å²) in [5.74, 6) is -0.156. The minimum Gasteiger partial charge on any atom is -0.368 e. The normalized spacial score (nSPS) is 16.0. The predicted molar refractivity (Wildman–Crippen MR) is 119 cm³/mol. The van der Waals surface area contributed by atoms with Crippen molar-refractivity contribution in [3.63, 3.8) is 0 Å². The van der Waals surface area contributed by atoms with Gasteiger partial charge in [0.05, 0.1) is 5.69 Å². The van der Waals surface area contributed by atoms with Crippen molar-refractivity contribution in [1.82, 2.24) is 20.2 Å². The Morgan fingerprint density at radius 1 is 1.10 bits per heavy atom. The highest BCUT2D eigenvalue weighted by atomic mass is 35.5. The fourth-order valence-electron chi connectivity index (χ4n) is 3.33. The number of halogens is 1. The lowest BCUT2D eigenvalue weighted by molar-refractivity contribution is -0.120. The van der Waals surface area contributed by atoms with Crippen LogP contribution >= 0.6 is 11.6 Å². The number of primary amides is 1. The average molecular weight is 437 g/mol. The van der Waals surface area contributed by atoms with Crippen molar-refractivity contribution >= 4 is 35.1 Å². The maximum absolute atomic E-state index is 12.8. The number of hydrogen-bond acceptors (Lipinski definition) is 6. The van der Waals surface area contributed by atoms with Crippen molar-refractivity contribution in [1.29, 1.82) is 0 Å². The molecule has 158 valence electrons. The Hall–Kier alpha value is -3.49. The molecule has 3 aromatic rings. The number of nitrogens with two attached hydrogens (primary N) is 1. The molecular formula is C22H21ClN6O2. The number of anilines is 2. The molecule has 1 aliphatic heterocycles. The maximum Gasteiger partial charge on any atom is 0.253 e. The van der Waals surface area contributed by atoms with Crippen LogP contribution in [0.5, 0.6) is 0 Å². The Kier molecular flexibility index (Phi) is 6.11. The topological polar surface area (TPSA) is 113 Å². The van der Waals surface area contributed by atoms with Crippen molar-refractivity contribution in [3.8, 4) is 11.3 Å². The van der Waals surface area contributed by atoms with E-state index in [0.29, 0.717) is 29.6 Å². The molecule has 9 heteroatoms. The monoisotopic (exact) mass is 436 g/mol. The Balaban J connectivity index is 1.44. The second-order valence-corrected chi connectivity index (χ2v) is 7.57. The molecule has 0 spiro atoms. The molecule has 8 nitrogen and oxygen atoms in total. The van der Waals surface area contributed by atoms with Crippen LogP contribution in [-0.2, 0) is 4.79 Å². The molecule has 1 aromatic heterocycles. The van der Waals surface area contributed by atoms with E-state index in [1.54, 1.807) is 35.4 Å². The molecular weight excluding hydrogens is 416 g/mol. The minimum absolute atomic E-state index is 0.139. The fraction of sp³-hybridized carbons (Fsp3) is 0.182. The zero-order valence-electron chi connectivity index (χ0n) is 16.6. The first-order valence-electron chi connectivity index (χ1n) is 9.77. The molecule has 0 radical (unpaired) electrons. The summed E-state index contributed by atoms with van der Waals surface area (Å²) in [4.78, 5) is 34.6. The molecule has 0 aliphatic carbocycles. The number of benzene rings is 2. The highest BCUT2D eigenvalue weighted by Gasteiger charge is 2.27. The quantitative estimate of drug-likeness (QED) is 0.566. The Morgan fingerprint density at radius 3 is 2.55 bits per heavy atom. The Morgan fingerprint density at radius 2 is 1.84 bits per heavy atom. The van der Waals surface area contributed by atoms with E-state index in [0.717, 1.165) is 16.9 Å². The van der Waals surface area contributed by atoms with E-state index in [2.05, 4.69) is 20.6 Å². The van der Waals surface area contributed by atoms with E-state index in [4.69, 9.17) is 17.3 Å².